The normalized spacial score (nSPS) is 11.5. The van der Waals surface area contributed by atoms with Gasteiger partial charge in [0.15, 0.2) is 0 Å². The van der Waals surface area contributed by atoms with Crippen LogP contribution in [0.1, 0.15) is 19.4 Å². The number of rotatable bonds is 4. The Labute approximate surface area is 97.3 Å². The first-order valence-electron chi connectivity index (χ1n) is 5.96. The van der Waals surface area contributed by atoms with Crippen LogP contribution in [0.2, 0.25) is 0 Å². The van der Waals surface area contributed by atoms with Crippen LogP contribution in [0.5, 0.6) is 0 Å². The molecular weight excluding hydrogens is 196 g/mol. The molecule has 2 heteroatoms. The Balaban J connectivity index is 2.16. The average Bonchev–Trinajstić information content (AvgIpc) is 2.63. The number of aryl methyl sites for hydroxylation is 1. The zero-order valence-electron chi connectivity index (χ0n) is 10.3. The first kappa shape index (κ1) is 11.2. The van der Waals surface area contributed by atoms with Crippen LogP contribution in [0.25, 0.3) is 10.9 Å². The van der Waals surface area contributed by atoms with E-state index in [0.29, 0.717) is 6.04 Å². The summed E-state index contributed by atoms with van der Waals surface area (Å²) in [5.74, 6) is 0. The van der Waals surface area contributed by atoms with Crippen molar-refractivity contribution in [2.75, 3.05) is 6.54 Å². The lowest BCUT2D eigenvalue weighted by Crippen LogP contribution is -2.26. The van der Waals surface area contributed by atoms with Gasteiger partial charge in [0.25, 0.3) is 0 Å². The third-order valence-corrected chi connectivity index (χ3v) is 2.94. The molecule has 0 bridgehead atoms. The van der Waals surface area contributed by atoms with Crippen LogP contribution in [0.3, 0.4) is 0 Å². The summed E-state index contributed by atoms with van der Waals surface area (Å²) in [6, 6.07) is 9.25. The fraction of sp³-hybridized carbons (Fsp3) is 0.429. The summed E-state index contributed by atoms with van der Waals surface area (Å²) < 4.78 is 2.32. The number of hydrogen-bond acceptors (Lipinski definition) is 1. The second-order valence-electron chi connectivity index (χ2n) is 4.63. The Hall–Kier alpha value is -1.28. The summed E-state index contributed by atoms with van der Waals surface area (Å²) in [4.78, 5) is 0. The first-order valence-corrected chi connectivity index (χ1v) is 5.96. The quantitative estimate of drug-likeness (QED) is 0.831. The molecule has 1 N–H and O–H groups in total. The van der Waals surface area contributed by atoms with Crippen LogP contribution < -0.4 is 5.32 Å². The van der Waals surface area contributed by atoms with Gasteiger partial charge >= 0.3 is 0 Å². The molecule has 2 rings (SSSR count). The molecule has 0 atom stereocenters. The summed E-state index contributed by atoms with van der Waals surface area (Å²) in [6.07, 6.45) is 2.18. The minimum atomic E-state index is 0.559. The van der Waals surface area contributed by atoms with Crippen molar-refractivity contribution in [1.29, 1.82) is 0 Å². The fourth-order valence-electron chi connectivity index (χ4n) is 2.05. The molecule has 0 aliphatic carbocycles. The van der Waals surface area contributed by atoms with Crippen LogP contribution in [0.4, 0.5) is 0 Å². The second-order valence-corrected chi connectivity index (χ2v) is 4.63. The highest BCUT2D eigenvalue weighted by atomic mass is 15.0. The van der Waals surface area contributed by atoms with E-state index >= 15 is 0 Å². The molecule has 0 aliphatic rings. The van der Waals surface area contributed by atoms with Crippen molar-refractivity contribution >= 4 is 10.9 Å². The van der Waals surface area contributed by atoms with Crippen molar-refractivity contribution in [2.24, 2.45) is 0 Å². The van der Waals surface area contributed by atoms with E-state index in [4.69, 9.17) is 0 Å². The van der Waals surface area contributed by atoms with E-state index in [1.165, 1.54) is 16.5 Å². The van der Waals surface area contributed by atoms with Crippen LogP contribution in [-0.4, -0.2) is 17.2 Å². The SMILES string of the molecule is Cc1cccc2c1ccn2CCNC(C)C. The summed E-state index contributed by atoms with van der Waals surface area (Å²) in [6.45, 7) is 8.58. The Kier molecular flexibility index (Phi) is 3.30. The van der Waals surface area contributed by atoms with Gasteiger partial charge in [-0.2, -0.15) is 0 Å². The van der Waals surface area contributed by atoms with Gasteiger partial charge in [-0.3, -0.25) is 0 Å². The number of hydrogen-bond donors (Lipinski definition) is 1. The number of aromatic nitrogens is 1. The molecule has 0 saturated heterocycles. The van der Waals surface area contributed by atoms with Gasteiger partial charge in [0.05, 0.1) is 0 Å². The summed E-state index contributed by atoms with van der Waals surface area (Å²) in [7, 11) is 0. The van der Waals surface area contributed by atoms with Crippen molar-refractivity contribution < 1.29 is 0 Å². The molecule has 0 saturated carbocycles. The zero-order chi connectivity index (χ0) is 11.5. The van der Waals surface area contributed by atoms with Crippen molar-refractivity contribution in [2.45, 2.75) is 33.4 Å². The third-order valence-electron chi connectivity index (χ3n) is 2.94. The number of benzene rings is 1. The molecular formula is C14H20N2. The molecule has 0 aliphatic heterocycles. The minimum Gasteiger partial charge on any atom is -0.346 e. The lowest BCUT2D eigenvalue weighted by molar-refractivity contribution is 0.548. The molecule has 16 heavy (non-hydrogen) atoms. The van der Waals surface area contributed by atoms with Gasteiger partial charge in [-0.25, -0.2) is 0 Å². The van der Waals surface area contributed by atoms with Gasteiger partial charge in [-0.1, -0.05) is 26.0 Å². The zero-order valence-corrected chi connectivity index (χ0v) is 10.3. The Morgan fingerprint density at radius 2 is 2.06 bits per heavy atom. The molecule has 2 aromatic rings. The van der Waals surface area contributed by atoms with E-state index in [-0.39, 0.29) is 0 Å². The van der Waals surface area contributed by atoms with Gasteiger partial charge in [0.2, 0.25) is 0 Å². The average molecular weight is 216 g/mol. The van der Waals surface area contributed by atoms with Crippen LogP contribution in [0.15, 0.2) is 30.5 Å². The Bertz CT molecular complexity index is 469. The number of nitrogens with zero attached hydrogens (tertiary/aromatic N) is 1. The standard InChI is InChI=1S/C14H20N2/c1-11(2)15-8-10-16-9-7-13-12(3)5-4-6-14(13)16/h4-7,9,11,15H,8,10H2,1-3H3. The molecule has 2 nitrogen and oxygen atoms in total. The third kappa shape index (κ3) is 2.27. The maximum atomic E-state index is 3.44. The lowest BCUT2D eigenvalue weighted by atomic mass is 10.1. The molecule has 1 aromatic heterocycles. The molecule has 0 amide bonds. The predicted molar refractivity (Wildman–Crippen MR) is 69.8 cm³/mol. The molecule has 1 aromatic carbocycles. The highest BCUT2D eigenvalue weighted by Crippen LogP contribution is 2.19. The topological polar surface area (TPSA) is 17.0 Å². The number of nitrogens with one attached hydrogen (secondary N) is 1. The van der Waals surface area contributed by atoms with E-state index in [0.717, 1.165) is 13.1 Å². The van der Waals surface area contributed by atoms with Crippen LogP contribution in [0, 0.1) is 6.92 Å². The summed E-state index contributed by atoms with van der Waals surface area (Å²) >= 11 is 0. The molecule has 0 fully saturated rings. The Morgan fingerprint density at radius 1 is 1.25 bits per heavy atom. The molecule has 86 valence electrons. The Morgan fingerprint density at radius 3 is 2.81 bits per heavy atom. The van der Waals surface area contributed by atoms with Gasteiger partial charge in [-0.15, -0.1) is 0 Å². The van der Waals surface area contributed by atoms with Crippen molar-refractivity contribution in [3.8, 4) is 0 Å². The van der Waals surface area contributed by atoms with E-state index in [9.17, 15) is 0 Å². The second kappa shape index (κ2) is 4.71. The maximum Gasteiger partial charge on any atom is 0.0483 e. The molecule has 0 spiro atoms. The van der Waals surface area contributed by atoms with Crippen LogP contribution >= 0.6 is 0 Å². The summed E-state index contributed by atoms with van der Waals surface area (Å²) in [5.41, 5.74) is 2.69. The van der Waals surface area contributed by atoms with Gasteiger partial charge in [0.1, 0.15) is 0 Å². The molecule has 0 unspecified atom stereocenters. The first-order chi connectivity index (χ1) is 7.68. The van der Waals surface area contributed by atoms with Crippen LogP contribution in [-0.2, 0) is 6.54 Å². The summed E-state index contributed by atoms with van der Waals surface area (Å²) in [5, 5.41) is 4.81. The van der Waals surface area contributed by atoms with Gasteiger partial charge in [-0.05, 0) is 24.6 Å². The smallest absolute Gasteiger partial charge is 0.0483 e. The monoisotopic (exact) mass is 216 g/mol. The predicted octanol–water partition coefficient (Wildman–Crippen LogP) is 2.95. The lowest BCUT2D eigenvalue weighted by Gasteiger charge is -2.09. The van der Waals surface area contributed by atoms with E-state index < -0.39 is 0 Å². The molecule has 1 heterocycles. The highest BCUT2D eigenvalue weighted by Gasteiger charge is 2.02. The van der Waals surface area contributed by atoms with Gasteiger partial charge < -0.3 is 9.88 Å². The minimum absolute atomic E-state index is 0.559. The van der Waals surface area contributed by atoms with E-state index in [2.05, 4.69) is 61.1 Å². The van der Waals surface area contributed by atoms with Crippen molar-refractivity contribution in [3.05, 3.63) is 36.0 Å². The molecule has 0 radical (unpaired) electrons. The van der Waals surface area contributed by atoms with Gasteiger partial charge in [0, 0.05) is 36.2 Å². The van der Waals surface area contributed by atoms with E-state index in [1.54, 1.807) is 0 Å². The maximum absolute atomic E-state index is 3.44. The largest absolute Gasteiger partial charge is 0.346 e. The highest BCUT2D eigenvalue weighted by molar-refractivity contribution is 5.83. The number of fused-ring (bicyclic) bond motifs is 1. The van der Waals surface area contributed by atoms with Crippen molar-refractivity contribution in [3.63, 3.8) is 0 Å². The fourth-order valence-corrected chi connectivity index (χ4v) is 2.05. The van der Waals surface area contributed by atoms with Crippen molar-refractivity contribution in [1.82, 2.24) is 9.88 Å². The van der Waals surface area contributed by atoms with E-state index in [1.807, 2.05) is 0 Å².